The highest BCUT2D eigenvalue weighted by atomic mass is 35.5. The van der Waals surface area contributed by atoms with E-state index in [1.807, 2.05) is 6.07 Å². The van der Waals surface area contributed by atoms with Crippen molar-refractivity contribution in [3.05, 3.63) is 23.0 Å². The summed E-state index contributed by atoms with van der Waals surface area (Å²) in [6.07, 6.45) is 1.54. The van der Waals surface area contributed by atoms with Crippen molar-refractivity contribution in [1.82, 2.24) is 10.2 Å². The van der Waals surface area contributed by atoms with Crippen molar-refractivity contribution in [2.75, 3.05) is 0 Å². The fourth-order valence-corrected chi connectivity index (χ4v) is 0.856. The zero-order chi connectivity index (χ0) is 8.48. The monoisotopic (exact) mass is 170 g/mol. The smallest absolute Gasteiger partial charge is 0.0699 e. The van der Waals surface area contributed by atoms with Crippen LogP contribution in [0.5, 0.6) is 0 Å². The molecule has 0 unspecified atom stereocenters. The van der Waals surface area contributed by atoms with Gasteiger partial charge in [-0.1, -0.05) is 32.4 Å². The maximum absolute atomic E-state index is 5.75. The van der Waals surface area contributed by atoms with Gasteiger partial charge in [0.1, 0.15) is 0 Å². The number of aromatic nitrogens is 2. The Morgan fingerprint density at radius 3 is 2.36 bits per heavy atom. The van der Waals surface area contributed by atoms with E-state index in [0.717, 1.165) is 5.69 Å². The molecule has 1 heterocycles. The Morgan fingerprint density at radius 1 is 1.36 bits per heavy atom. The van der Waals surface area contributed by atoms with E-state index in [0.29, 0.717) is 5.02 Å². The first-order valence-corrected chi connectivity index (χ1v) is 3.86. The first kappa shape index (κ1) is 8.47. The third-order valence-electron chi connectivity index (χ3n) is 1.39. The van der Waals surface area contributed by atoms with Gasteiger partial charge in [0, 0.05) is 5.41 Å². The quantitative estimate of drug-likeness (QED) is 0.598. The predicted molar refractivity (Wildman–Crippen MR) is 45.7 cm³/mol. The maximum Gasteiger partial charge on any atom is 0.0699 e. The summed E-state index contributed by atoms with van der Waals surface area (Å²) in [7, 11) is 0. The summed E-state index contributed by atoms with van der Waals surface area (Å²) < 4.78 is 0. The Balaban J connectivity index is 3.06. The van der Waals surface area contributed by atoms with Crippen LogP contribution in [0.25, 0.3) is 0 Å². The normalized spacial score (nSPS) is 11.6. The summed E-state index contributed by atoms with van der Waals surface area (Å²) in [6, 6.07) is 1.84. The first-order chi connectivity index (χ1) is 5.00. The Bertz CT molecular complexity index is 253. The zero-order valence-corrected chi connectivity index (χ0v) is 7.68. The second kappa shape index (κ2) is 2.78. The molecule has 0 aliphatic rings. The lowest BCUT2D eigenvalue weighted by Crippen LogP contribution is -2.13. The molecule has 0 radical (unpaired) electrons. The maximum atomic E-state index is 5.75. The topological polar surface area (TPSA) is 25.8 Å². The van der Waals surface area contributed by atoms with Gasteiger partial charge in [0.15, 0.2) is 0 Å². The molecule has 0 N–H and O–H groups in total. The van der Waals surface area contributed by atoms with Crippen molar-refractivity contribution < 1.29 is 0 Å². The molecule has 0 bridgehead atoms. The number of halogens is 1. The summed E-state index contributed by atoms with van der Waals surface area (Å²) in [5, 5.41) is 8.39. The molecule has 0 aromatic carbocycles. The van der Waals surface area contributed by atoms with Crippen LogP contribution in [-0.4, -0.2) is 10.2 Å². The van der Waals surface area contributed by atoms with E-state index < -0.39 is 0 Å². The third kappa shape index (κ3) is 2.15. The molecule has 60 valence electrons. The summed E-state index contributed by atoms with van der Waals surface area (Å²) in [5.41, 5.74) is 0.947. The van der Waals surface area contributed by atoms with E-state index in [4.69, 9.17) is 11.6 Å². The molecule has 1 rings (SSSR count). The van der Waals surface area contributed by atoms with Gasteiger partial charge in [-0.2, -0.15) is 10.2 Å². The molecular weight excluding hydrogens is 160 g/mol. The van der Waals surface area contributed by atoms with Crippen LogP contribution in [0.3, 0.4) is 0 Å². The Labute approximate surface area is 71.6 Å². The van der Waals surface area contributed by atoms with Crippen LogP contribution in [0, 0.1) is 0 Å². The summed E-state index contributed by atoms with van der Waals surface area (Å²) in [6.45, 7) is 6.23. The van der Waals surface area contributed by atoms with Crippen LogP contribution in [0.4, 0.5) is 0 Å². The van der Waals surface area contributed by atoms with Gasteiger partial charge in [-0.15, -0.1) is 0 Å². The molecule has 0 aliphatic carbocycles. The summed E-state index contributed by atoms with van der Waals surface area (Å²) in [5.74, 6) is 0. The van der Waals surface area contributed by atoms with Gasteiger partial charge in [-0.25, -0.2) is 0 Å². The molecule has 0 spiro atoms. The van der Waals surface area contributed by atoms with Gasteiger partial charge in [-0.05, 0) is 6.07 Å². The minimum absolute atomic E-state index is 0.0257. The van der Waals surface area contributed by atoms with Crippen LogP contribution in [-0.2, 0) is 5.41 Å². The predicted octanol–water partition coefficient (Wildman–Crippen LogP) is 2.43. The molecule has 0 amide bonds. The molecule has 0 saturated heterocycles. The second-order valence-electron chi connectivity index (χ2n) is 3.51. The zero-order valence-electron chi connectivity index (χ0n) is 6.93. The highest BCUT2D eigenvalue weighted by Gasteiger charge is 2.15. The lowest BCUT2D eigenvalue weighted by molar-refractivity contribution is 0.558. The molecule has 0 fully saturated rings. The Morgan fingerprint density at radius 2 is 2.00 bits per heavy atom. The molecule has 0 saturated carbocycles. The van der Waals surface area contributed by atoms with Crippen molar-refractivity contribution in [1.29, 1.82) is 0 Å². The van der Waals surface area contributed by atoms with E-state index in [1.54, 1.807) is 0 Å². The Hall–Kier alpha value is -0.630. The molecule has 0 atom stereocenters. The summed E-state index contributed by atoms with van der Waals surface area (Å²) >= 11 is 5.75. The molecular formula is C8H11ClN2. The SMILES string of the molecule is CC(C)(C)c1cc(Cl)cnn1. The van der Waals surface area contributed by atoms with E-state index in [9.17, 15) is 0 Å². The minimum Gasteiger partial charge on any atom is -0.157 e. The Kier molecular flexibility index (Phi) is 2.14. The minimum atomic E-state index is 0.0257. The first-order valence-electron chi connectivity index (χ1n) is 3.49. The summed E-state index contributed by atoms with van der Waals surface area (Å²) in [4.78, 5) is 0. The van der Waals surface area contributed by atoms with Crippen LogP contribution in [0.1, 0.15) is 26.5 Å². The lowest BCUT2D eigenvalue weighted by Gasteiger charge is -2.15. The number of nitrogens with zero attached hydrogens (tertiary/aromatic N) is 2. The van der Waals surface area contributed by atoms with E-state index in [-0.39, 0.29) is 5.41 Å². The van der Waals surface area contributed by atoms with Gasteiger partial charge in [0.05, 0.1) is 16.9 Å². The van der Waals surface area contributed by atoms with Gasteiger partial charge in [0.25, 0.3) is 0 Å². The molecule has 3 heteroatoms. The van der Waals surface area contributed by atoms with E-state index in [2.05, 4.69) is 31.0 Å². The fraction of sp³-hybridized carbons (Fsp3) is 0.500. The van der Waals surface area contributed by atoms with Crippen molar-refractivity contribution in [3.8, 4) is 0 Å². The van der Waals surface area contributed by atoms with Gasteiger partial charge in [-0.3, -0.25) is 0 Å². The molecule has 11 heavy (non-hydrogen) atoms. The number of rotatable bonds is 0. The van der Waals surface area contributed by atoms with Crippen LogP contribution >= 0.6 is 11.6 Å². The molecule has 2 nitrogen and oxygen atoms in total. The van der Waals surface area contributed by atoms with Crippen LogP contribution < -0.4 is 0 Å². The van der Waals surface area contributed by atoms with Gasteiger partial charge >= 0.3 is 0 Å². The van der Waals surface area contributed by atoms with Crippen LogP contribution in [0.2, 0.25) is 5.02 Å². The second-order valence-corrected chi connectivity index (χ2v) is 3.95. The molecule has 1 aromatic rings. The fourth-order valence-electron chi connectivity index (χ4n) is 0.709. The average molecular weight is 171 g/mol. The number of hydrogen-bond donors (Lipinski definition) is 0. The van der Waals surface area contributed by atoms with Crippen LogP contribution in [0.15, 0.2) is 12.3 Å². The molecule has 1 aromatic heterocycles. The lowest BCUT2D eigenvalue weighted by atomic mass is 9.92. The van der Waals surface area contributed by atoms with Gasteiger partial charge < -0.3 is 0 Å². The number of hydrogen-bond acceptors (Lipinski definition) is 2. The third-order valence-corrected chi connectivity index (χ3v) is 1.60. The van der Waals surface area contributed by atoms with Crippen molar-refractivity contribution in [2.24, 2.45) is 0 Å². The van der Waals surface area contributed by atoms with E-state index >= 15 is 0 Å². The van der Waals surface area contributed by atoms with Gasteiger partial charge in [0.2, 0.25) is 0 Å². The van der Waals surface area contributed by atoms with E-state index in [1.165, 1.54) is 6.20 Å². The average Bonchev–Trinajstić information content (AvgIpc) is 1.86. The highest BCUT2D eigenvalue weighted by Crippen LogP contribution is 2.20. The largest absolute Gasteiger partial charge is 0.157 e. The van der Waals surface area contributed by atoms with Crippen molar-refractivity contribution in [3.63, 3.8) is 0 Å². The molecule has 0 aliphatic heterocycles. The van der Waals surface area contributed by atoms with Crippen molar-refractivity contribution in [2.45, 2.75) is 26.2 Å². The standard InChI is InChI=1S/C8H11ClN2/c1-8(2,3)7-4-6(9)5-10-11-7/h4-5H,1-3H3. The van der Waals surface area contributed by atoms with Crippen molar-refractivity contribution >= 4 is 11.6 Å². The highest BCUT2D eigenvalue weighted by molar-refractivity contribution is 6.30.